The van der Waals surface area contributed by atoms with E-state index in [-0.39, 0.29) is 36.4 Å². The molecule has 0 fully saturated rings. The molecule has 0 amide bonds. The quantitative estimate of drug-likeness (QED) is 0.188. The van der Waals surface area contributed by atoms with E-state index in [2.05, 4.69) is 0 Å². The van der Waals surface area contributed by atoms with Crippen molar-refractivity contribution in [1.82, 2.24) is 0 Å². The average molecular weight is 707 g/mol. The van der Waals surface area contributed by atoms with Crippen LogP contribution in [0, 0.1) is 0 Å². The highest BCUT2D eigenvalue weighted by molar-refractivity contribution is 7.13. The molecule has 0 saturated carbocycles. The van der Waals surface area contributed by atoms with Crippen molar-refractivity contribution in [1.29, 1.82) is 0 Å². The molecule has 0 aromatic heterocycles. The van der Waals surface area contributed by atoms with E-state index in [0.29, 0.717) is 0 Å². The lowest BCUT2D eigenvalue weighted by atomic mass is 9.07. The Morgan fingerprint density at radius 1 is 0.298 bits per heavy atom. The van der Waals surface area contributed by atoms with Crippen LogP contribution < -0.4 is 16.4 Å². The first-order valence-electron chi connectivity index (χ1n) is 12.8. The van der Waals surface area contributed by atoms with Crippen molar-refractivity contribution < 1.29 is 79.0 Å². The average Bonchev–Trinajstić information content (AvgIpc) is 2.84. The zero-order valence-corrected chi connectivity index (χ0v) is 23.6. The summed E-state index contributed by atoms with van der Waals surface area (Å²) in [6.07, 6.45) is -38.7. The van der Waals surface area contributed by atoms with Gasteiger partial charge >= 0.3 is 37.1 Å². The number of hydrogen-bond donors (Lipinski definition) is 0. The van der Waals surface area contributed by atoms with Gasteiger partial charge in [0.05, 0.1) is 39.5 Å². The van der Waals surface area contributed by atoms with Gasteiger partial charge in [0.2, 0.25) is 0 Å². The maximum Gasteiger partial charge on any atom is 0.416 e. The summed E-state index contributed by atoms with van der Waals surface area (Å²) < 4.78 is 251. The fraction of sp³-hybridized carbons (Fsp3) is 0.357. The van der Waals surface area contributed by atoms with Crippen LogP contribution in [0.2, 0.25) is 5.31 Å². The molecular formula is C28H18BF18-. The normalized spacial score (nSPS) is 14.5. The van der Waals surface area contributed by atoms with Crippen LogP contribution >= 0.6 is 0 Å². The highest BCUT2D eigenvalue weighted by Gasteiger charge is 2.48. The molecule has 0 radical (unpaired) electrons. The van der Waals surface area contributed by atoms with Gasteiger partial charge in [-0.05, 0) is 18.2 Å². The van der Waals surface area contributed by atoms with Gasteiger partial charge in [-0.1, -0.05) is 57.2 Å². The fourth-order valence-corrected chi connectivity index (χ4v) is 5.76. The number of hydrogen-bond acceptors (Lipinski definition) is 0. The molecular weight excluding hydrogens is 689 g/mol. The van der Waals surface area contributed by atoms with Crippen molar-refractivity contribution in [2.24, 2.45) is 0 Å². The van der Waals surface area contributed by atoms with Crippen molar-refractivity contribution in [3.63, 3.8) is 0 Å². The first-order valence-corrected chi connectivity index (χ1v) is 12.8. The second-order valence-corrected chi connectivity index (χ2v) is 11.7. The molecule has 0 aliphatic rings. The largest absolute Gasteiger partial charge is 0.416 e. The van der Waals surface area contributed by atoms with Gasteiger partial charge in [-0.3, -0.25) is 0 Å². The molecule has 0 atom stereocenters. The molecule has 260 valence electrons. The smallest absolute Gasteiger partial charge is 0.198 e. The molecule has 0 unspecified atom stereocenters. The molecule has 3 rings (SSSR count). The molecule has 0 bridgehead atoms. The zero-order valence-electron chi connectivity index (χ0n) is 23.6. The first-order chi connectivity index (χ1) is 20.7. The van der Waals surface area contributed by atoms with Crippen molar-refractivity contribution in [2.75, 3.05) is 0 Å². The summed E-state index contributed by atoms with van der Waals surface area (Å²) in [5, 5.41) is -2.31. The monoisotopic (exact) mass is 707 g/mol. The van der Waals surface area contributed by atoms with Gasteiger partial charge in [0.15, 0.2) is 0 Å². The van der Waals surface area contributed by atoms with Crippen molar-refractivity contribution in [3.8, 4) is 0 Å². The van der Waals surface area contributed by atoms with E-state index in [1.807, 2.05) is 0 Å². The lowest BCUT2D eigenvalue weighted by molar-refractivity contribution is -0.144. The van der Waals surface area contributed by atoms with Crippen LogP contribution in [0.3, 0.4) is 0 Å². The molecule has 0 aliphatic heterocycles. The molecule has 19 heteroatoms. The van der Waals surface area contributed by atoms with E-state index in [1.165, 1.54) is 0 Å². The van der Waals surface area contributed by atoms with Gasteiger partial charge in [0, 0.05) is 0 Å². The van der Waals surface area contributed by atoms with Crippen molar-refractivity contribution in [3.05, 3.63) is 88.0 Å². The molecule has 0 nitrogen and oxygen atoms in total. The van der Waals surface area contributed by atoms with Crippen LogP contribution in [-0.2, 0) is 37.1 Å². The molecule has 3 aromatic carbocycles. The summed E-state index contributed by atoms with van der Waals surface area (Å²) in [5.41, 5.74) is -17.5. The van der Waals surface area contributed by atoms with Crippen LogP contribution in [-0.4, -0.2) is 6.15 Å². The summed E-state index contributed by atoms with van der Waals surface area (Å²) in [6, 6.07) is -2.34. The molecule has 0 heterocycles. The molecule has 0 aliphatic carbocycles. The lowest BCUT2D eigenvalue weighted by Crippen LogP contribution is -2.72. The van der Waals surface area contributed by atoms with E-state index in [0.717, 1.165) is 20.8 Å². The van der Waals surface area contributed by atoms with Gasteiger partial charge in [0.1, 0.15) is 0 Å². The van der Waals surface area contributed by atoms with Gasteiger partial charge < -0.3 is 0 Å². The minimum atomic E-state index is -5.70. The van der Waals surface area contributed by atoms with Crippen molar-refractivity contribution >= 4 is 22.5 Å². The third-order valence-corrected chi connectivity index (χ3v) is 7.63. The van der Waals surface area contributed by atoms with E-state index in [1.54, 1.807) is 0 Å². The molecule has 47 heavy (non-hydrogen) atoms. The van der Waals surface area contributed by atoms with Gasteiger partial charge in [-0.2, -0.15) is 95.4 Å². The Balaban J connectivity index is 2.86. The van der Waals surface area contributed by atoms with E-state index in [4.69, 9.17) is 0 Å². The Kier molecular flexibility index (Phi) is 9.10. The first kappa shape index (κ1) is 37.9. The third-order valence-electron chi connectivity index (χ3n) is 7.63. The SMILES string of the molecule is CC(C)(C)[B-](c1cc(C(F)(F)F)cc(C(F)(F)F)c1)(c1cc(C(F)(F)F)cc(C(F)(F)F)c1)c1cc(C(F)(F)F)cc(C(F)(F)F)c1. The van der Waals surface area contributed by atoms with Gasteiger partial charge in [0.25, 0.3) is 0 Å². The topological polar surface area (TPSA) is 0 Å². The Morgan fingerprint density at radius 2 is 0.447 bits per heavy atom. The third kappa shape index (κ3) is 7.63. The summed E-state index contributed by atoms with van der Waals surface area (Å²) in [4.78, 5) is 0. The number of alkyl halides is 18. The lowest BCUT2D eigenvalue weighted by Gasteiger charge is -2.54. The van der Waals surface area contributed by atoms with Gasteiger partial charge in [-0.15, -0.1) is 5.31 Å². The Morgan fingerprint density at radius 3 is 0.553 bits per heavy atom. The van der Waals surface area contributed by atoms with Crippen LogP contribution in [0.5, 0.6) is 0 Å². The minimum Gasteiger partial charge on any atom is -0.198 e. The van der Waals surface area contributed by atoms with Crippen LogP contribution in [0.25, 0.3) is 0 Å². The second-order valence-electron chi connectivity index (χ2n) is 11.7. The predicted molar refractivity (Wildman–Crippen MR) is 134 cm³/mol. The summed E-state index contributed by atoms with van der Waals surface area (Å²) in [6.45, 7) is 2.46. The van der Waals surface area contributed by atoms with Gasteiger partial charge in [-0.25, -0.2) is 0 Å². The molecule has 0 N–H and O–H groups in total. The van der Waals surface area contributed by atoms with Crippen LogP contribution in [0.1, 0.15) is 54.2 Å². The van der Waals surface area contributed by atoms with E-state index in [9.17, 15) is 79.0 Å². The fourth-order valence-electron chi connectivity index (χ4n) is 5.76. The number of rotatable bonds is 3. The standard InChI is InChI=1S/C28H18BF18/c1-22(2,3)29(19-7-13(23(30,31)32)4-14(8-19)24(33,34)35,20-9-15(25(36,37)38)5-16(10-20)26(39,40)41)21-11-17(27(42,43)44)6-18(12-21)28(45,46)47/h4-12H,1-3H3/q-1. The van der Waals surface area contributed by atoms with Crippen LogP contribution in [0.4, 0.5) is 79.0 Å². The Bertz CT molecular complexity index is 1350. The van der Waals surface area contributed by atoms with Crippen LogP contribution in [0.15, 0.2) is 54.6 Å². The summed E-state index contributed by atoms with van der Waals surface area (Å²) in [5.74, 6) is 0. The summed E-state index contributed by atoms with van der Waals surface area (Å²) in [7, 11) is 0. The summed E-state index contributed by atoms with van der Waals surface area (Å²) >= 11 is 0. The van der Waals surface area contributed by atoms with Crippen molar-refractivity contribution in [2.45, 2.75) is 63.1 Å². The molecule has 0 spiro atoms. The maximum atomic E-state index is 14.0. The predicted octanol–water partition coefficient (Wildman–Crippen LogP) is 10.1. The number of benzene rings is 3. The highest BCUT2D eigenvalue weighted by atomic mass is 19.4. The minimum absolute atomic E-state index is 0.151. The Labute approximate surface area is 253 Å². The second kappa shape index (κ2) is 11.3. The zero-order chi connectivity index (χ0) is 36.6. The number of halogens is 18. The highest BCUT2D eigenvalue weighted by Crippen LogP contribution is 2.44. The molecule has 3 aromatic rings. The van der Waals surface area contributed by atoms with E-state index < -0.39 is 116 Å². The maximum absolute atomic E-state index is 14.0. The molecule has 0 saturated heterocycles. The van der Waals surface area contributed by atoms with E-state index >= 15 is 0 Å². The Hall–Kier alpha value is -3.54.